The Kier molecular flexibility index (Phi) is 7.60. The van der Waals surface area contributed by atoms with Crippen LogP contribution < -0.4 is 10.2 Å². The van der Waals surface area contributed by atoms with Crippen molar-refractivity contribution in [2.75, 3.05) is 0 Å². The van der Waals surface area contributed by atoms with Crippen LogP contribution in [0.15, 0.2) is 0 Å². The molecule has 1 aliphatic carbocycles. The molecule has 86 valence electrons. The van der Waals surface area contributed by atoms with Crippen LogP contribution in [-0.4, -0.2) is 49.7 Å². The normalized spacial score (nSPS) is 29.2. The molecule has 3 atom stereocenters. The van der Waals surface area contributed by atoms with Gasteiger partial charge in [-0.05, 0) is 18.8 Å². The number of hydrogen-bond acceptors (Lipinski definition) is 4. The van der Waals surface area contributed by atoms with Gasteiger partial charge in [0.15, 0.2) is 0 Å². The quantitative estimate of drug-likeness (QED) is 0.597. The fourth-order valence-electron chi connectivity index (χ4n) is 2.60. The third-order valence-corrected chi connectivity index (χ3v) is 3.27. The minimum atomic E-state index is -1.25. The summed E-state index contributed by atoms with van der Waals surface area (Å²) in [5, 5.41) is 21.8. The average Bonchev–Trinajstić information content (AvgIpc) is 2.17. The zero-order chi connectivity index (χ0) is 11.4. The molecule has 0 aliphatic heterocycles. The van der Waals surface area contributed by atoms with E-state index < -0.39 is 23.8 Å². The number of carboxylic acids is 2. The Labute approximate surface area is 125 Å². The van der Waals surface area contributed by atoms with Crippen LogP contribution in [0.25, 0.3) is 0 Å². The average molecular weight is 252 g/mol. The molecule has 0 saturated heterocycles. The van der Waals surface area contributed by atoms with Crippen LogP contribution in [0.4, 0.5) is 0 Å². The van der Waals surface area contributed by atoms with Gasteiger partial charge in [-0.25, -0.2) is 0 Å². The molecular formula is C11H16CaO4. The fourth-order valence-corrected chi connectivity index (χ4v) is 2.60. The molecule has 0 aromatic carbocycles. The van der Waals surface area contributed by atoms with Crippen LogP contribution in [0, 0.1) is 17.8 Å². The van der Waals surface area contributed by atoms with Gasteiger partial charge in [-0.2, -0.15) is 0 Å². The van der Waals surface area contributed by atoms with Gasteiger partial charge in [-0.1, -0.05) is 26.2 Å². The largest absolute Gasteiger partial charge is 2.00 e. The van der Waals surface area contributed by atoms with Crippen molar-refractivity contribution in [3.8, 4) is 0 Å². The summed E-state index contributed by atoms with van der Waals surface area (Å²) in [5.41, 5.74) is 0. The van der Waals surface area contributed by atoms with Gasteiger partial charge in [0.05, 0.1) is 0 Å². The summed E-state index contributed by atoms with van der Waals surface area (Å²) in [6.45, 7) is 1.97. The van der Waals surface area contributed by atoms with E-state index in [1.54, 1.807) is 0 Å². The van der Waals surface area contributed by atoms with E-state index in [0.717, 1.165) is 25.7 Å². The molecule has 0 aromatic heterocycles. The van der Waals surface area contributed by atoms with Crippen LogP contribution in [0.1, 0.15) is 39.0 Å². The van der Waals surface area contributed by atoms with Crippen LogP contribution in [0.2, 0.25) is 0 Å². The molecule has 1 rings (SSSR count). The van der Waals surface area contributed by atoms with Crippen molar-refractivity contribution in [3.63, 3.8) is 0 Å². The molecule has 0 bridgehead atoms. The summed E-state index contributed by atoms with van der Waals surface area (Å²) in [6, 6.07) is 0. The number of carbonyl (C=O) groups is 2. The zero-order valence-corrected chi connectivity index (χ0v) is 11.8. The van der Waals surface area contributed by atoms with E-state index in [0.29, 0.717) is 6.42 Å². The molecule has 0 N–H and O–H groups in total. The topological polar surface area (TPSA) is 80.3 Å². The van der Waals surface area contributed by atoms with Crippen molar-refractivity contribution >= 4 is 49.7 Å². The molecule has 1 aliphatic rings. The zero-order valence-electron chi connectivity index (χ0n) is 9.61. The molecule has 0 spiro atoms. The van der Waals surface area contributed by atoms with Crippen LogP contribution >= 0.6 is 0 Å². The van der Waals surface area contributed by atoms with E-state index in [4.69, 9.17) is 0 Å². The first kappa shape index (κ1) is 16.2. The third-order valence-electron chi connectivity index (χ3n) is 3.27. The first-order valence-electron chi connectivity index (χ1n) is 5.49. The van der Waals surface area contributed by atoms with Crippen LogP contribution in [0.3, 0.4) is 0 Å². The van der Waals surface area contributed by atoms with Crippen LogP contribution in [-0.2, 0) is 9.59 Å². The van der Waals surface area contributed by atoms with E-state index >= 15 is 0 Å². The molecule has 1 fully saturated rings. The van der Waals surface area contributed by atoms with Gasteiger partial charge in [-0.3, -0.25) is 0 Å². The maximum Gasteiger partial charge on any atom is 2.00 e. The minimum absolute atomic E-state index is 0. The molecule has 3 unspecified atom stereocenters. The van der Waals surface area contributed by atoms with Gasteiger partial charge in [0, 0.05) is 23.8 Å². The number of aliphatic carboxylic acids is 2. The Bertz CT molecular complexity index is 252. The maximum atomic E-state index is 11.0. The second-order valence-electron chi connectivity index (χ2n) is 4.25. The number of hydrogen-bond donors (Lipinski definition) is 0. The minimum Gasteiger partial charge on any atom is -0.550 e. The molecule has 5 heteroatoms. The second kappa shape index (κ2) is 7.51. The Morgan fingerprint density at radius 2 is 1.81 bits per heavy atom. The van der Waals surface area contributed by atoms with E-state index in [1.807, 2.05) is 6.92 Å². The van der Waals surface area contributed by atoms with Gasteiger partial charge in [0.25, 0.3) is 0 Å². The molecule has 4 nitrogen and oxygen atoms in total. The number of carbonyl (C=O) groups excluding carboxylic acids is 2. The summed E-state index contributed by atoms with van der Waals surface area (Å²) in [6.07, 6.45) is 3.58. The third kappa shape index (κ3) is 3.90. The van der Waals surface area contributed by atoms with Gasteiger partial charge >= 0.3 is 37.7 Å². The fraction of sp³-hybridized carbons (Fsp3) is 0.818. The van der Waals surface area contributed by atoms with Crippen LogP contribution in [0.5, 0.6) is 0 Å². The van der Waals surface area contributed by atoms with Crippen molar-refractivity contribution in [2.24, 2.45) is 17.8 Å². The predicted octanol–water partition coefficient (Wildman–Crippen LogP) is -1.06. The molecule has 0 amide bonds. The summed E-state index contributed by atoms with van der Waals surface area (Å²) in [4.78, 5) is 21.8. The summed E-state index contributed by atoms with van der Waals surface area (Å²) < 4.78 is 0. The SMILES string of the molecule is CCCC1CCCC(C(=O)[O-])C1C(=O)[O-].[Ca+2]. The van der Waals surface area contributed by atoms with E-state index in [1.165, 1.54) is 0 Å². The predicted molar refractivity (Wildman–Crippen MR) is 55.0 cm³/mol. The summed E-state index contributed by atoms with van der Waals surface area (Å²) in [7, 11) is 0. The van der Waals surface area contributed by atoms with E-state index in [2.05, 4.69) is 0 Å². The Balaban J connectivity index is 0.00000225. The van der Waals surface area contributed by atoms with Crippen molar-refractivity contribution in [1.29, 1.82) is 0 Å². The van der Waals surface area contributed by atoms with Crippen molar-refractivity contribution in [2.45, 2.75) is 39.0 Å². The first-order chi connectivity index (χ1) is 7.07. The second-order valence-corrected chi connectivity index (χ2v) is 4.25. The number of carboxylic acid groups (broad SMARTS) is 2. The Morgan fingerprint density at radius 3 is 2.25 bits per heavy atom. The van der Waals surface area contributed by atoms with Crippen molar-refractivity contribution in [1.82, 2.24) is 0 Å². The molecule has 0 heterocycles. The molecule has 1 saturated carbocycles. The van der Waals surface area contributed by atoms with E-state index in [9.17, 15) is 19.8 Å². The molecule has 0 aromatic rings. The smallest absolute Gasteiger partial charge is 0.550 e. The monoisotopic (exact) mass is 252 g/mol. The van der Waals surface area contributed by atoms with Gasteiger partial charge in [0.1, 0.15) is 0 Å². The molecule has 16 heavy (non-hydrogen) atoms. The van der Waals surface area contributed by atoms with Crippen molar-refractivity contribution < 1.29 is 19.8 Å². The van der Waals surface area contributed by atoms with Gasteiger partial charge in [-0.15, -0.1) is 0 Å². The Hall–Kier alpha value is 0.200. The molecular weight excluding hydrogens is 236 g/mol. The van der Waals surface area contributed by atoms with Gasteiger partial charge in [0.2, 0.25) is 0 Å². The van der Waals surface area contributed by atoms with Crippen molar-refractivity contribution in [3.05, 3.63) is 0 Å². The summed E-state index contributed by atoms with van der Waals surface area (Å²) in [5.74, 6) is -4.26. The number of rotatable bonds is 4. The summed E-state index contributed by atoms with van der Waals surface area (Å²) >= 11 is 0. The Morgan fingerprint density at radius 1 is 1.19 bits per heavy atom. The molecule has 0 radical (unpaired) electrons. The first-order valence-corrected chi connectivity index (χ1v) is 5.49. The maximum absolute atomic E-state index is 11.0. The van der Waals surface area contributed by atoms with Gasteiger partial charge < -0.3 is 19.8 Å². The standard InChI is InChI=1S/C11H18O4.Ca/c1-2-4-7-5-3-6-8(10(12)13)9(7)11(14)15;/h7-9H,2-6H2,1H3,(H,12,13)(H,14,15);/q;+2/p-2. The van der Waals surface area contributed by atoms with E-state index in [-0.39, 0.29) is 43.7 Å².